The Labute approximate surface area is 285 Å². The lowest BCUT2D eigenvalue weighted by Gasteiger charge is -2.32. The molecule has 2 aliphatic rings. The van der Waals surface area contributed by atoms with Crippen LogP contribution in [0.1, 0.15) is 49.7 Å². The zero-order valence-corrected chi connectivity index (χ0v) is 29.1. The van der Waals surface area contributed by atoms with E-state index < -0.39 is 6.48 Å². The van der Waals surface area contributed by atoms with Gasteiger partial charge in [-0.2, -0.15) is 0 Å². The van der Waals surface area contributed by atoms with Crippen molar-refractivity contribution in [2.75, 3.05) is 61.7 Å². The van der Waals surface area contributed by atoms with Crippen molar-refractivity contribution in [3.63, 3.8) is 0 Å². The van der Waals surface area contributed by atoms with Crippen molar-refractivity contribution in [2.45, 2.75) is 64.5 Å². The molecule has 12 nitrogen and oxygen atoms in total. The van der Waals surface area contributed by atoms with Crippen LogP contribution < -0.4 is 0 Å². The summed E-state index contributed by atoms with van der Waals surface area (Å²) in [5.41, 5.74) is 2.00. The van der Waals surface area contributed by atoms with Crippen LogP contribution in [0.3, 0.4) is 0 Å². The molecule has 2 amide bonds. The summed E-state index contributed by atoms with van der Waals surface area (Å²) in [5, 5.41) is 0. The first-order chi connectivity index (χ1) is 23.4. The number of ether oxygens (including phenoxy) is 7. The second kappa shape index (κ2) is 24.6. The maximum atomic E-state index is 12.1. The van der Waals surface area contributed by atoms with E-state index in [1.165, 1.54) is 21.3 Å². The third kappa shape index (κ3) is 16.0. The first-order valence-electron chi connectivity index (χ1n) is 16.4. The van der Waals surface area contributed by atoms with Gasteiger partial charge in [0, 0.05) is 74.6 Å². The lowest BCUT2D eigenvalue weighted by atomic mass is 9.93. The Kier molecular flexibility index (Phi) is 20.8. The summed E-state index contributed by atoms with van der Waals surface area (Å²) in [5.74, 6) is 0.957. The van der Waals surface area contributed by atoms with E-state index in [1.807, 2.05) is 60.7 Å². The number of methoxy groups -OCH3 is 5. The van der Waals surface area contributed by atoms with E-state index >= 15 is 0 Å². The molecule has 0 unspecified atom stereocenters. The van der Waals surface area contributed by atoms with Crippen LogP contribution in [0.15, 0.2) is 60.7 Å². The fraction of sp³-hybridized carbons (Fsp3) is 0.583. The molecule has 2 aliphatic heterocycles. The topological polar surface area (TPSA) is 122 Å². The highest BCUT2D eigenvalue weighted by atomic mass is 16.8. The number of carbonyl (C=O) groups excluding carboxylic acids is 3. The van der Waals surface area contributed by atoms with Gasteiger partial charge in [-0.05, 0) is 48.6 Å². The fourth-order valence-corrected chi connectivity index (χ4v) is 5.31. The largest absolute Gasteiger partial charge is 0.445 e. The maximum Gasteiger partial charge on any atom is 0.410 e. The van der Waals surface area contributed by atoms with Gasteiger partial charge >= 0.3 is 12.2 Å². The second-order valence-electron chi connectivity index (χ2n) is 11.5. The van der Waals surface area contributed by atoms with Gasteiger partial charge in [0.1, 0.15) is 19.5 Å². The minimum Gasteiger partial charge on any atom is -0.445 e. The number of rotatable bonds is 13. The maximum absolute atomic E-state index is 12.1. The molecule has 2 fully saturated rings. The molecular weight excluding hydrogens is 620 g/mol. The molecular formula is C36H54N2O10. The normalized spacial score (nSPS) is 15.2. The smallest absolute Gasteiger partial charge is 0.410 e. The molecule has 0 atom stereocenters. The molecule has 0 radical (unpaired) electrons. The number of likely N-dealkylation sites (tertiary alicyclic amines) is 2. The van der Waals surface area contributed by atoms with Gasteiger partial charge in [-0.3, -0.25) is 0 Å². The minimum atomic E-state index is -0.514. The summed E-state index contributed by atoms with van der Waals surface area (Å²) in [6, 6.07) is 19.4. The summed E-state index contributed by atoms with van der Waals surface area (Å²) in [7, 11) is 7.85. The Bertz CT molecular complexity index is 1110. The quantitative estimate of drug-likeness (QED) is 0.188. The Morgan fingerprint density at radius 1 is 0.646 bits per heavy atom. The molecule has 0 aliphatic carbocycles. The number of hydrogen-bond acceptors (Lipinski definition) is 10. The average Bonchev–Trinajstić information content (AvgIpc) is 3.14. The van der Waals surface area contributed by atoms with Gasteiger partial charge in [0.25, 0.3) is 6.48 Å². The summed E-state index contributed by atoms with van der Waals surface area (Å²) >= 11 is 0. The molecule has 0 aromatic heterocycles. The lowest BCUT2D eigenvalue weighted by molar-refractivity contribution is -0.252. The lowest BCUT2D eigenvalue weighted by Crippen LogP contribution is -2.39. The number of aldehydes is 1. The first kappa shape index (κ1) is 40.6. The van der Waals surface area contributed by atoms with E-state index in [4.69, 9.17) is 18.9 Å². The Morgan fingerprint density at radius 2 is 1.04 bits per heavy atom. The molecule has 268 valence electrons. The molecule has 4 rings (SSSR count). The van der Waals surface area contributed by atoms with Crippen LogP contribution in [0.5, 0.6) is 0 Å². The number of carbonyl (C=O) groups is 3. The van der Waals surface area contributed by atoms with Crippen LogP contribution in [-0.2, 0) is 51.2 Å². The van der Waals surface area contributed by atoms with Crippen LogP contribution in [0.2, 0.25) is 0 Å². The van der Waals surface area contributed by atoms with Crippen LogP contribution >= 0.6 is 0 Å². The van der Waals surface area contributed by atoms with Gasteiger partial charge < -0.3 is 47.8 Å². The van der Waals surface area contributed by atoms with E-state index in [0.29, 0.717) is 44.6 Å². The predicted octanol–water partition coefficient (Wildman–Crippen LogP) is 5.88. The van der Waals surface area contributed by atoms with Crippen LogP contribution in [0.25, 0.3) is 0 Å². The average molecular weight is 675 g/mol. The molecule has 0 N–H and O–H groups in total. The van der Waals surface area contributed by atoms with Crippen LogP contribution in [-0.4, -0.2) is 103 Å². The Hall–Kier alpha value is -3.55. The van der Waals surface area contributed by atoms with Gasteiger partial charge in [0.15, 0.2) is 6.29 Å². The fourth-order valence-electron chi connectivity index (χ4n) is 5.31. The van der Waals surface area contributed by atoms with Crippen molar-refractivity contribution in [3.8, 4) is 0 Å². The van der Waals surface area contributed by atoms with Gasteiger partial charge in [0.2, 0.25) is 0 Å². The molecule has 12 heteroatoms. The first-order valence-corrected chi connectivity index (χ1v) is 16.4. The third-order valence-electron chi connectivity index (χ3n) is 8.21. The highest BCUT2D eigenvalue weighted by Gasteiger charge is 2.26. The Morgan fingerprint density at radius 3 is 1.38 bits per heavy atom. The second-order valence-corrected chi connectivity index (χ2v) is 11.5. The Balaban J connectivity index is 0.000000281. The van der Waals surface area contributed by atoms with E-state index in [9.17, 15) is 14.4 Å². The molecule has 0 saturated carbocycles. The molecule has 2 heterocycles. The number of amides is 2. The minimum absolute atomic E-state index is 0.151. The van der Waals surface area contributed by atoms with Crippen molar-refractivity contribution in [3.05, 3.63) is 71.8 Å². The summed E-state index contributed by atoms with van der Waals surface area (Å²) in [6.07, 6.45) is 5.51. The number of benzene rings is 2. The molecule has 48 heavy (non-hydrogen) atoms. The van der Waals surface area contributed by atoms with Gasteiger partial charge in [-0.1, -0.05) is 60.7 Å². The van der Waals surface area contributed by atoms with Crippen molar-refractivity contribution >= 4 is 18.5 Å². The van der Waals surface area contributed by atoms with Gasteiger partial charge in [-0.15, -0.1) is 0 Å². The standard InChI is InChI=1S/C17H25NO4.C15H19NO3.C4H10O3/c1-20-16(21-2)12-14-8-10-18(11-9-14)17(19)22-13-15-6-4-3-5-7-15;17-11-8-13-6-9-16(10-7-13)15(18)19-12-14-4-2-1-3-5-14;1-5-4(6-2)7-3/h3-7,14,16H,8-13H2,1-2H3;1-5,11,13H,6-10,12H2;4H,1-3H3. The number of nitrogens with zero attached hydrogens (tertiary/aromatic N) is 2. The van der Waals surface area contributed by atoms with Crippen molar-refractivity contribution < 1.29 is 47.5 Å². The van der Waals surface area contributed by atoms with E-state index in [0.717, 1.165) is 62.6 Å². The van der Waals surface area contributed by atoms with Crippen molar-refractivity contribution in [1.82, 2.24) is 9.80 Å². The number of hydrogen-bond donors (Lipinski definition) is 0. The zero-order valence-electron chi connectivity index (χ0n) is 29.1. The van der Waals surface area contributed by atoms with E-state index in [2.05, 4.69) is 14.2 Å². The van der Waals surface area contributed by atoms with Crippen molar-refractivity contribution in [1.29, 1.82) is 0 Å². The summed E-state index contributed by atoms with van der Waals surface area (Å²) in [4.78, 5) is 37.9. The molecule has 0 bridgehead atoms. The molecule has 2 aromatic carbocycles. The molecule has 2 aromatic rings. The summed E-state index contributed by atoms with van der Waals surface area (Å²) in [6.45, 7) is 2.97. The number of piperidine rings is 2. The highest BCUT2D eigenvalue weighted by molar-refractivity contribution is 5.68. The van der Waals surface area contributed by atoms with Gasteiger partial charge in [-0.25, -0.2) is 9.59 Å². The predicted molar refractivity (Wildman–Crippen MR) is 180 cm³/mol. The molecule has 0 spiro atoms. The third-order valence-corrected chi connectivity index (χ3v) is 8.21. The summed E-state index contributed by atoms with van der Waals surface area (Å²) < 4.78 is 34.9. The van der Waals surface area contributed by atoms with Crippen LogP contribution in [0, 0.1) is 11.8 Å². The monoisotopic (exact) mass is 674 g/mol. The van der Waals surface area contributed by atoms with E-state index in [-0.39, 0.29) is 18.5 Å². The zero-order chi connectivity index (χ0) is 35.0. The SMILES string of the molecule is COC(CC1CCN(C(=O)OCc2ccccc2)CC1)OC.COC(OC)OC.O=CCC1CCN(C(=O)OCc2ccccc2)CC1. The van der Waals surface area contributed by atoms with Crippen molar-refractivity contribution in [2.24, 2.45) is 11.8 Å². The highest BCUT2D eigenvalue weighted by Crippen LogP contribution is 2.24. The van der Waals surface area contributed by atoms with Crippen LogP contribution in [0.4, 0.5) is 9.59 Å². The van der Waals surface area contributed by atoms with E-state index in [1.54, 1.807) is 24.0 Å². The molecule has 2 saturated heterocycles. The van der Waals surface area contributed by atoms with Gasteiger partial charge in [0.05, 0.1) is 0 Å².